The van der Waals surface area contributed by atoms with Crippen molar-refractivity contribution in [2.75, 3.05) is 0 Å². The van der Waals surface area contributed by atoms with Gasteiger partial charge in [0, 0.05) is 0 Å². The van der Waals surface area contributed by atoms with Crippen LogP contribution in [0, 0.1) is 0 Å². The summed E-state index contributed by atoms with van der Waals surface area (Å²) >= 11 is 0. The number of hydrogen-bond donors (Lipinski definition) is 0. The average molecular weight is 224 g/mol. The molecule has 0 saturated heterocycles. The molecule has 17 heavy (non-hydrogen) atoms. The van der Waals surface area contributed by atoms with Gasteiger partial charge in [-0.05, 0) is 24.3 Å². The van der Waals surface area contributed by atoms with E-state index in [1.165, 1.54) is 0 Å². The predicted molar refractivity (Wildman–Crippen MR) is 62.5 cm³/mol. The fraction of sp³-hybridized carbons (Fsp3) is 0. The highest BCUT2D eigenvalue weighted by molar-refractivity contribution is 5.82. The number of rotatable bonds is 4. The van der Waals surface area contributed by atoms with Gasteiger partial charge in [0.1, 0.15) is 11.5 Å². The van der Waals surface area contributed by atoms with Crippen LogP contribution in [0.5, 0.6) is 11.5 Å². The topological polar surface area (TPSA) is 43.4 Å². The highest BCUT2D eigenvalue weighted by Gasteiger charge is 2.07. The summed E-state index contributed by atoms with van der Waals surface area (Å²) in [6, 6.07) is 13.4. The average Bonchev–Trinajstić information content (AvgIpc) is 2.40. The van der Waals surface area contributed by atoms with E-state index in [1.807, 2.05) is 0 Å². The highest BCUT2D eigenvalue weighted by Crippen LogP contribution is 2.26. The first kappa shape index (κ1) is 11.1. The third kappa shape index (κ3) is 2.39. The van der Waals surface area contributed by atoms with Crippen molar-refractivity contribution in [1.82, 2.24) is 0 Å². The van der Waals surface area contributed by atoms with Crippen LogP contribution in [0.4, 0.5) is 0 Å². The third-order valence-corrected chi connectivity index (χ3v) is 2.21. The Labute approximate surface area is 98.7 Å². The quantitative estimate of drug-likeness (QED) is 0.800. The van der Waals surface area contributed by atoms with E-state index in [1.54, 1.807) is 61.1 Å². The second-order valence-electron chi connectivity index (χ2n) is 3.30. The van der Waals surface area contributed by atoms with Gasteiger partial charge >= 0.3 is 0 Å². The molecule has 2 rings (SSSR count). The minimum Gasteiger partial charge on any atom is -0.456 e. The summed E-state index contributed by atoms with van der Waals surface area (Å²) in [5, 5.41) is 0. The zero-order valence-corrected chi connectivity index (χ0v) is 8.84. The highest BCUT2D eigenvalue weighted by atomic mass is 16.5. The van der Waals surface area contributed by atoms with E-state index in [-0.39, 0.29) is 0 Å². The Morgan fingerprint density at radius 1 is 0.706 bits per heavy atom. The summed E-state index contributed by atoms with van der Waals surface area (Å²) in [6.45, 7) is 0. The molecule has 0 aliphatic carbocycles. The Balaban J connectivity index is 2.37. The number of carbonyl (C=O) groups excluding carboxylic acids is 2. The fourth-order valence-corrected chi connectivity index (χ4v) is 1.40. The van der Waals surface area contributed by atoms with E-state index in [0.29, 0.717) is 22.6 Å². The van der Waals surface area contributed by atoms with Crippen molar-refractivity contribution in [3.63, 3.8) is 0 Å². The molecule has 0 amide bonds. The lowest BCUT2D eigenvalue weighted by Gasteiger charge is -2.08. The van der Waals surface area contributed by atoms with Crippen LogP contribution in [0.15, 0.2) is 48.5 Å². The SMILES string of the molecule is O=[C]c1ccccc1Oc1ccccc1[C]=O. The molecule has 0 spiro atoms. The Kier molecular flexibility index (Phi) is 3.31. The predicted octanol–water partition coefficient (Wildman–Crippen LogP) is 2.39. The first-order valence-electron chi connectivity index (χ1n) is 4.97. The van der Waals surface area contributed by atoms with Crippen LogP contribution in [-0.4, -0.2) is 12.6 Å². The van der Waals surface area contributed by atoms with Crippen LogP contribution < -0.4 is 4.74 Å². The van der Waals surface area contributed by atoms with Gasteiger partial charge in [0.25, 0.3) is 0 Å². The maximum Gasteiger partial charge on any atom is 0.237 e. The second-order valence-corrected chi connectivity index (χ2v) is 3.30. The fourth-order valence-electron chi connectivity index (χ4n) is 1.40. The molecule has 0 heterocycles. The van der Waals surface area contributed by atoms with E-state index in [4.69, 9.17) is 4.74 Å². The largest absolute Gasteiger partial charge is 0.456 e. The first-order valence-corrected chi connectivity index (χ1v) is 4.97. The summed E-state index contributed by atoms with van der Waals surface area (Å²) < 4.78 is 5.50. The number of ether oxygens (including phenoxy) is 1. The molecule has 0 aromatic heterocycles. The number of para-hydroxylation sites is 2. The van der Waals surface area contributed by atoms with E-state index in [0.717, 1.165) is 0 Å². The van der Waals surface area contributed by atoms with Crippen LogP contribution in [-0.2, 0) is 9.59 Å². The van der Waals surface area contributed by atoms with Crippen molar-refractivity contribution < 1.29 is 14.3 Å². The minimum atomic E-state index is 0.313. The standard InChI is InChI=1S/C14H8O3/c15-9-11-5-1-3-7-13(11)17-14-8-4-2-6-12(14)10-16/h1-8H. The molecule has 0 atom stereocenters. The number of hydrogen-bond acceptors (Lipinski definition) is 3. The third-order valence-electron chi connectivity index (χ3n) is 2.21. The van der Waals surface area contributed by atoms with Crippen molar-refractivity contribution in [2.24, 2.45) is 0 Å². The zero-order chi connectivity index (χ0) is 12.1. The van der Waals surface area contributed by atoms with Crippen molar-refractivity contribution in [3.8, 4) is 11.5 Å². The minimum absolute atomic E-state index is 0.313. The smallest absolute Gasteiger partial charge is 0.237 e. The molecule has 0 aliphatic heterocycles. The Hall–Kier alpha value is -2.42. The Morgan fingerprint density at radius 2 is 1.12 bits per heavy atom. The molecule has 0 N–H and O–H groups in total. The van der Waals surface area contributed by atoms with Gasteiger partial charge in [-0.25, -0.2) is 0 Å². The van der Waals surface area contributed by atoms with Gasteiger partial charge in [-0.1, -0.05) is 24.3 Å². The molecule has 0 saturated carbocycles. The molecule has 0 aliphatic rings. The Bertz CT molecular complexity index is 497. The van der Waals surface area contributed by atoms with Crippen LogP contribution in [0.25, 0.3) is 0 Å². The molecular weight excluding hydrogens is 216 g/mol. The van der Waals surface area contributed by atoms with E-state index >= 15 is 0 Å². The van der Waals surface area contributed by atoms with Crippen molar-refractivity contribution in [2.45, 2.75) is 0 Å². The molecule has 82 valence electrons. The van der Waals surface area contributed by atoms with E-state index in [2.05, 4.69) is 0 Å². The van der Waals surface area contributed by atoms with Crippen molar-refractivity contribution >= 4 is 12.6 Å². The molecule has 0 unspecified atom stereocenters. The lowest BCUT2D eigenvalue weighted by molar-refractivity contribution is 0.476. The normalized spacial score (nSPS) is 9.65. The molecule has 2 aromatic carbocycles. The van der Waals surface area contributed by atoms with Gasteiger partial charge in [-0.3, -0.25) is 9.59 Å². The lowest BCUT2D eigenvalue weighted by atomic mass is 10.2. The van der Waals surface area contributed by atoms with Crippen LogP contribution in [0.1, 0.15) is 11.1 Å². The van der Waals surface area contributed by atoms with Crippen molar-refractivity contribution in [1.29, 1.82) is 0 Å². The van der Waals surface area contributed by atoms with Crippen molar-refractivity contribution in [3.05, 3.63) is 59.7 Å². The van der Waals surface area contributed by atoms with Gasteiger partial charge in [0.05, 0.1) is 11.1 Å². The molecule has 2 radical (unpaired) electrons. The van der Waals surface area contributed by atoms with Crippen LogP contribution >= 0.6 is 0 Å². The van der Waals surface area contributed by atoms with E-state index < -0.39 is 0 Å². The summed E-state index contributed by atoms with van der Waals surface area (Å²) in [5.41, 5.74) is 0.626. The van der Waals surface area contributed by atoms with Gasteiger partial charge < -0.3 is 4.74 Å². The lowest BCUT2D eigenvalue weighted by Crippen LogP contribution is -1.93. The zero-order valence-electron chi connectivity index (χ0n) is 8.84. The summed E-state index contributed by atoms with van der Waals surface area (Å²) in [4.78, 5) is 21.4. The molecule has 3 nitrogen and oxygen atoms in total. The molecule has 2 aromatic rings. The first-order chi connectivity index (χ1) is 8.35. The van der Waals surface area contributed by atoms with Gasteiger partial charge in [-0.2, -0.15) is 0 Å². The van der Waals surface area contributed by atoms with Crippen LogP contribution in [0.3, 0.4) is 0 Å². The summed E-state index contributed by atoms with van der Waals surface area (Å²) in [5.74, 6) is 0.732. The Morgan fingerprint density at radius 3 is 1.53 bits per heavy atom. The molecule has 3 heteroatoms. The van der Waals surface area contributed by atoms with Gasteiger partial charge in [0.2, 0.25) is 12.6 Å². The summed E-state index contributed by atoms with van der Waals surface area (Å²) in [6.07, 6.45) is 3.56. The molecule has 0 bridgehead atoms. The maximum absolute atomic E-state index is 10.7. The monoisotopic (exact) mass is 224 g/mol. The maximum atomic E-state index is 10.7. The summed E-state index contributed by atoms with van der Waals surface area (Å²) in [7, 11) is 0. The number of benzene rings is 2. The molecule has 0 fully saturated rings. The van der Waals surface area contributed by atoms with Gasteiger partial charge in [0.15, 0.2) is 0 Å². The molecular formula is C14H8O3. The van der Waals surface area contributed by atoms with Gasteiger partial charge in [-0.15, -0.1) is 0 Å². The van der Waals surface area contributed by atoms with E-state index in [9.17, 15) is 9.59 Å². The second kappa shape index (κ2) is 5.07. The van der Waals surface area contributed by atoms with Crippen LogP contribution in [0.2, 0.25) is 0 Å².